The summed E-state index contributed by atoms with van der Waals surface area (Å²) in [5.74, 6) is -3.87. The molecule has 3 aromatic rings. The van der Waals surface area contributed by atoms with Crippen molar-refractivity contribution in [1.82, 2.24) is 9.55 Å². The van der Waals surface area contributed by atoms with E-state index in [4.69, 9.17) is 12.2 Å². The van der Waals surface area contributed by atoms with Crippen molar-refractivity contribution in [3.05, 3.63) is 92.9 Å². The molecule has 1 N–H and O–H groups in total. The number of nitrogens with one attached hydrogen (secondary N) is 1. The Labute approximate surface area is 140 Å². The molecule has 0 radical (unpaired) electrons. The topological polar surface area (TPSA) is 37.8 Å². The molecule has 0 bridgehead atoms. The minimum atomic E-state index is -3.39. The van der Waals surface area contributed by atoms with Gasteiger partial charge in [-0.25, -0.2) is 4.39 Å². The quantitative estimate of drug-likeness (QED) is 0.721. The minimum Gasteiger partial charge on any atom is -0.330 e. The van der Waals surface area contributed by atoms with Gasteiger partial charge in [-0.15, -0.1) is 0 Å². The van der Waals surface area contributed by atoms with Gasteiger partial charge in [0.1, 0.15) is 5.82 Å². The molecule has 24 heavy (non-hydrogen) atoms. The van der Waals surface area contributed by atoms with E-state index in [0.717, 1.165) is 22.8 Å². The van der Waals surface area contributed by atoms with E-state index in [1.807, 2.05) is 0 Å². The number of aromatic nitrogens is 2. The van der Waals surface area contributed by atoms with Gasteiger partial charge in [0.05, 0.1) is 11.4 Å². The van der Waals surface area contributed by atoms with E-state index in [2.05, 4.69) is 4.98 Å². The molecule has 0 saturated heterocycles. The Morgan fingerprint density at radius 3 is 2.21 bits per heavy atom. The zero-order valence-corrected chi connectivity index (χ0v) is 13.0. The maximum atomic E-state index is 14.6. The van der Waals surface area contributed by atoms with Crippen LogP contribution in [0.2, 0.25) is 0 Å². The van der Waals surface area contributed by atoms with Gasteiger partial charge in [-0.1, -0.05) is 30.3 Å². The highest BCUT2D eigenvalue weighted by atomic mass is 32.1. The summed E-state index contributed by atoms with van der Waals surface area (Å²) in [5, 5.41) is 0. The third kappa shape index (κ3) is 2.90. The van der Waals surface area contributed by atoms with Crippen molar-refractivity contribution >= 4 is 12.2 Å². The molecule has 0 atom stereocenters. The maximum Gasteiger partial charge on any atom is 0.313 e. The molecule has 0 fully saturated rings. The highest BCUT2D eigenvalue weighted by Gasteiger charge is 2.35. The number of nitrogens with zero attached hydrogens (tertiary/aromatic N) is 1. The summed E-state index contributed by atoms with van der Waals surface area (Å²) in [5.41, 5.74) is -1.29. The second kappa shape index (κ2) is 6.09. The van der Waals surface area contributed by atoms with Crippen molar-refractivity contribution in [2.24, 2.45) is 0 Å². The van der Waals surface area contributed by atoms with Crippen LogP contribution in [0, 0.1) is 10.6 Å². The number of hydrogen-bond donors (Lipinski definition) is 1. The number of H-pyrrole nitrogens is 1. The van der Waals surface area contributed by atoms with Crippen LogP contribution in [-0.4, -0.2) is 9.55 Å². The van der Waals surface area contributed by atoms with Crippen LogP contribution in [-0.2, 0) is 5.92 Å². The summed E-state index contributed by atoms with van der Waals surface area (Å²) in [6.45, 7) is 0. The number of aromatic amines is 1. The zero-order valence-electron chi connectivity index (χ0n) is 12.2. The number of halogens is 3. The van der Waals surface area contributed by atoms with Gasteiger partial charge in [0.15, 0.2) is 4.77 Å². The molecular weight excluding hydrogens is 337 g/mol. The molecule has 7 heteroatoms. The van der Waals surface area contributed by atoms with Gasteiger partial charge < -0.3 is 4.98 Å². The van der Waals surface area contributed by atoms with Crippen molar-refractivity contribution in [3.8, 4) is 5.69 Å². The van der Waals surface area contributed by atoms with Crippen molar-refractivity contribution in [3.63, 3.8) is 0 Å². The minimum absolute atomic E-state index is 0.195. The fourth-order valence-electron chi connectivity index (χ4n) is 2.30. The molecule has 1 heterocycles. The van der Waals surface area contributed by atoms with Crippen LogP contribution in [0.5, 0.6) is 0 Å². The fraction of sp³-hybridized carbons (Fsp3) is 0.0588. The van der Waals surface area contributed by atoms with E-state index in [1.54, 1.807) is 6.07 Å². The van der Waals surface area contributed by atoms with Crippen LogP contribution in [0.4, 0.5) is 13.2 Å². The standard InChI is InChI=1S/C17H11F3N2OS/c18-12-6-8-13(9-7-12)22-15(23)10-14(21-16(22)24)17(19,20)11-4-2-1-3-5-11/h1-10H,(H,21,24). The largest absolute Gasteiger partial charge is 0.330 e. The van der Waals surface area contributed by atoms with Crippen molar-refractivity contribution in [1.29, 1.82) is 0 Å². The first kappa shape index (κ1) is 16.2. The molecule has 0 amide bonds. The fourth-order valence-corrected chi connectivity index (χ4v) is 2.61. The first-order valence-corrected chi connectivity index (χ1v) is 7.36. The molecule has 3 rings (SSSR count). The molecule has 0 aliphatic rings. The summed E-state index contributed by atoms with van der Waals surface area (Å²) in [6, 6.07) is 12.9. The van der Waals surface area contributed by atoms with Gasteiger partial charge in [0, 0.05) is 11.6 Å². The predicted molar refractivity (Wildman–Crippen MR) is 86.6 cm³/mol. The maximum absolute atomic E-state index is 14.6. The van der Waals surface area contributed by atoms with Crippen LogP contribution >= 0.6 is 12.2 Å². The van der Waals surface area contributed by atoms with E-state index in [9.17, 15) is 18.0 Å². The molecule has 0 spiro atoms. The smallest absolute Gasteiger partial charge is 0.313 e. The number of benzene rings is 2. The lowest BCUT2D eigenvalue weighted by Gasteiger charge is -2.17. The van der Waals surface area contributed by atoms with E-state index < -0.39 is 23.0 Å². The Hall–Kier alpha value is -2.67. The molecule has 122 valence electrons. The molecule has 3 nitrogen and oxygen atoms in total. The highest BCUT2D eigenvalue weighted by Crippen LogP contribution is 2.33. The van der Waals surface area contributed by atoms with Crippen LogP contribution < -0.4 is 5.56 Å². The lowest BCUT2D eigenvalue weighted by molar-refractivity contribution is 0.0375. The third-order valence-electron chi connectivity index (χ3n) is 3.49. The first-order valence-electron chi connectivity index (χ1n) is 6.96. The van der Waals surface area contributed by atoms with Crippen molar-refractivity contribution < 1.29 is 13.2 Å². The summed E-state index contributed by atoms with van der Waals surface area (Å²) in [4.78, 5) is 14.7. The Morgan fingerprint density at radius 1 is 1.00 bits per heavy atom. The number of rotatable bonds is 3. The highest BCUT2D eigenvalue weighted by molar-refractivity contribution is 7.71. The molecule has 0 unspecified atom stereocenters. The van der Waals surface area contributed by atoms with Gasteiger partial charge in [0.2, 0.25) is 0 Å². The van der Waals surface area contributed by atoms with E-state index >= 15 is 0 Å². The second-order valence-corrected chi connectivity index (χ2v) is 5.47. The van der Waals surface area contributed by atoms with Gasteiger partial charge >= 0.3 is 5.92 Å². The Kier molecular flexibility index (Phi) is 4.11. The molecule has 0 aliphatic heterocycles. The second-order valence-electron chi connectivity index (χ2n) is 5.08. The van der Waals surface area contributed by atoms with Gasteiger partial charge in [-0.3, -0.25) is 9.36 Å². The Bertz CT molecular complexity index is 948. The van der Waals surface area contributed by atoms with Crippen LogP contribution in [0.3, 0.4) is 0 Å². The Morgan fingerprint density at radius 2 is 1.62 bits per heavy atom. The summed E-state index contributed by atoms with van der Waals surface area (Å²) in [7, 11) is 0. The van der Waals surface area contributed by atoms with Crippen LogP contribution in [0.25, 0.3) is 5.69 Å². The monoisotopic (exact) mass is 348 g/mol. The lowest BCUT2D eigenvalue weighted by Crippen LogP contribution is -2.26. The summed E-state index contributed by atoms with van der Waals surface area (Å²) < 4.78 is 42.9. The van der Waals surface area contributed by atoms with Gasteiger partial charge in [0.25, 0.3) is 5.56 Å². The molecule has 1 aromatic heterocycles. The number of alkyl halides is 2. The van der Waals surface area contributed by atoms with Crippen molar-refractivity contribution in [2.45, 2.75) is 5.92 Å². The lowest BCUT2D eigenvalue weighted by atomic mass is 10.1. The summed E-state index contributed by atoms with van der Waals surface area (Å²) >= 11 is 5.04. The zero-order chi connectivity index (χ0) is 17.3. The summed E-state index contributed by atoms with van der Waals surface area (Å²) in [6.07, 6.45) is 0. The third-order valence-corrected chi connectivity index (χ3v) is 3.78. The average Bonchev–Trinajstić information content (AvgIpc) is 2.56. The molecule has 0 saturated carbocycles. The molecule has 2 aromatic carbocycles. The number of hydrogen-bond acceptors (Lipinski definition) is 2. The molecule has 0 aliphatic carbocycles. The van der Waals surface area contributed by atoms with E-state index in [-0.39, 0.29) is 16.0 Å². The first-order chi connectivity index (χ1) is 11.4. The predicted octanol–water partition coefficient (Wildman–Crippen LogP) is 4.17. The normalized spacial score (nSPS) is 11.5. The van der Waals surface area contributed by atoms with E-state index in [1.165, 1.54) is 36.4 Å². The Balaban J connectivity index is 2.13. The van der Waals surface area contributed by atoms with Crippen molar-refractivity contribution in [2.75, 3.05) is 0 Å². The van der Waals surface area contributed by atoms with Gasteiger partial charge in [-0.2, -0.15) is 8.78 Å². The van der Waals surface area contributed by atoms with Crippen LogP contribution in [0.15, 0.2) is 65.5 Å². The average molecular weight is 348 g/mol. The SMILES string of the molecule is O=c1cc(C(F)(F)c2ccccc2)[nH]c(=S)n1-c1ccc(F)cc1. The van der Waals surface area contributed by atoms with E-state index in [0.29, 0.717) is 0 Å². The van der Waals surface area contributed by atoms with Gasteiger partial charge in [-0.05, 0) is 36.5 Å². The molecular formula is C17H11F3N2OS. The van der Waals surface area contributed by atoms with Crippen LogP contribution in [0.1, 0.15) is 11.3 Å².